The van der Waals surface area contributed by atoms with Gasteiger partial charge in [0.05, 0.1) is 12.4 Å². The van der Waals surface area contributed by atoms with Crippen molar-refractivity contribution in [3.8, 4) is 0 Å². The molecular weight excluding hydrogens is 221 g/mol. The fourth-order valence-corrected chi connectivity index (χ4v) is 0.863. The van der Waals surface area contributed by atoms with Crippen LogP contribution < -0.4 is 5.73 Å². The molecule has 1 aromatic heterocycles. The number of aromatic nitrogens is 2. The second-order valence-electron chi connectivity index (χ2n) is 3.67. The summed E-state index contributed by atoms with van der Waals surface area (Å²) in [5, 5.41) is 4.29. The molecule has 1 aromatic rings. The molecule has 0 aliphatic carbocycles. The SMILES string of the molecule is CC(C)(C)c1ccn(CN)n1.[F][Cu]. The summed E-state index contributed by atoms with van der Waals surface area (Å²) in [6.07, 6.45) is 1.90. The topological polar surface area (TPSA) is 43.8 Å². The molecule has 5 heteroatoms. The van der Waals surface area contributed by atoms with Crippen molar-refractivity contribution in [2.45, 2.75) is 32.9 Å². The third kappa shape index (κ3) is 3.89. The molecule has 0 radical (unpaired) electrons. The van der Waals surface area contributed by atoms with Crippen molar-refractivity contribution in [3.63, 3.8) is 0 Å². The van der Waals surface area contributed by atoms with Crippen molar-refractivity contribution in [1.29, 1.82) is 0 Å². The molecule has 0 bridgehead atoms. The van der Waals surface area contributed by atoms with E-state index in [9.17, 15) is 0 Å². The second kappa shape index (κ2) is 5.37. The first-order valence-electron chi connectivity index (χ1n) is 3.89. The van der Waals surface area contributed by atoms with Gasteiger partial charge in [-0.3, -0.25) is 4.68 Å². The van der Waals surface area contributed by atoms with E-state index in [-0.39, 0.29) is 5.41 Å². The fourth-order valence-electron chi connectivity index (χ4n) is 0.863. The van der Waals surface area contributed by atoms with Gasteiger partial charge in [-0.15, -0.1) is 0 Å². The van der Waals surface area contributed by atoms with E-state index < -0.39 is 0 Å². The van der Waals surface area contributed by atoms with Gasteiger partial charge in [-0.2, -0.15) is 5.10 Å². The summed E-state index contributed by atoms with van der Waals surface area (Å²) in [4.78, 5) is 0. The van der Waals surface area contributed by atoms with Crippen molar-refractivity contribution >= 4 is 0 Å². The van der Waals surface area contributed by atoms with E-state index in [1.54, 1.807) is 4.68 Å². The molecule has 0 unspecified atom stereocenters. The molecule has 1 rings (SSSR count). The average molecular weight is 236 g/mol. The van der Waals surface area contributed by atoms with Gasteiger partial charge in [-0.25, -0.2) is 0 Å². The molecule has 0 aromatic carbocycles. The average Bonchev–Trinajstić information content (AvgIpc) is 2.54. The Morgan fingerprint density at radius 2 is 2.08 bits per heavy atom. The van der Waals surface area contributed by atoms with Crippen LogP contribution in [0.5, 0.6) is 0 Å². The Labute approximate surface area is 86.8 Å². The Hall–Kier alpha value is -0.381. The van der Waals surface area contributed by atoms with Crippen LogP contribution in [0.25, 0.3) is 0 Å². The molecule has 0 saturated heterocycles. The third-order valence-electron chi connectivity index (χ3n) is 1.60. The van der Waals surface area contributed by atoms with Crippen LogP contribution in [0.1, 0.15) is 26.5 Å². The van der Waals surface area contributed by atoms with E-state index >= 15 is 0 Å². The number of halogens is 1. The summed E-state index contributed by atoms with van der Waals surface area (Å²) >= 11 is 2.69. The Bertz CT molecular complexity index is 242. The number of nitrogens with zero attached hydrogens (tertiary/aromatic N) is 2. The maximum atomic E-state index is 9.06. The van der Waals surface area contributed by atoms with Gasteiger partial charge in [0.15, 0.2) is 0 Å². The van der Waals surface area contributed by atoms with Gasteiger partial charge in [0.25, 0.3) is 0 Å². The number of rotatable bonds is 1. The van der Waals surface area contributed by atoms with Crippen LogP contribution in [0.4, 0.5) is 3.55 Å². The van der Waals surface area contributed by atoms with Gasteiger partial charge >= 0.3 is 20.0 Å². The van der Waals surface area contributed by atoms with Crippen molar-refractivity contribution in [2.75, 3.05) is 0 Å². The predicted molar refractivity (Wildman–Crippen MR) is 46.2 cm³/mol. The van der Waals surface area contributed by atoms with Crippen LogP contribution in [-0.4, -0.2) is 9.78 Å². The molecule has 80 valence electrons. The summed E-state index contributed by atoms with van der Waals surface area (Å²) < 4.78 is 10.8. The normalized spacial score (nSPS) is 10.7. The number of nitrogens with two attached hydrogens (primary N) is 1. The van der Waals surface area contributed by atoms with Crippen LogP contribution in [0, 0.1) is 0 Å². The molecule has 0 aliphatic heterocycles. The van der Waals surface area contributed by atoms with E-state index in [0.717, 1.165) is 5.69 Å². The minimum absolute atomic E-state index is 0.125. The Kier molecular flexibility index (Phi) is 5.21. The summed E-state index contributed by atoms with van der Waals surface area (Å²) in [5.41, 5.74) is 6.62. The van der Waals surface area contributed by atoms with Gasteiger partial charge in [0.2, 0.25) is 0 Å². The molecule has 0 fully saturated rings. The summed E-state index contributed by atoms with van der Waals surface area (Å²) in [7, 11) is 0. The molecule has 0 atom stereocenters. The summed E-state index contributed by atoms with van der Waals surface area (Å²) in [5.74, 6) is 0. The monoisotopic (exact) mass is 235 g/mol. The molecule has 1 heterocycles. The zero-order valence-corrected chi connectivity index (χ0v) is 8.95. The van der Waals surface area contributed by atoms with Crippen LogP contribution in [0.2, 0.25) is 0 Å². The second-order valence-corrected chi connectivity index (χ2v) is 3.67. The molecule has 13 heavy (non-hydrogen) atoms. The molecule has 0 amide bonds. The maximum absolute atomic E-state index is 9.06. The van der Waals surface area contributed by atoms with Crippen molar-refractivity contribution in [2.24, 2.45) is 5.73 Å². The first kappa shape index (κ1) is 12.6. The van der Waals surface area contributed by atoms with Gasteiger partial charge in [-0.05, 0) is 6.07 Å². The predicted octanol–water partition coefficient (Wildman–Crippen LogP) is 1.51. The van der Waals surface area contributed by atoms with E-state index in [1.165, 1.54) is 0 Å². The standard InChI is InChI=1S/C8H15N3.Cu.FH/c1-8(2,3)7-4-5-11(6-9)10-7;;/h4-5H,6,9H2,1-3H3;;1H/q;+1;/p-1. The Morgan fingerprint density at radius 3 is 2.31 bits per heavy atom. The van der Waals surface area contributed by atoms with Gasteiger partial charge in [-0.1, -0.05) is 20.8 Å². The minimum atomic E-state index is 0.125. The van der Waals surface area contributed by atoms with Gasteiger partial charge in [0, 0.05) is 11.6 Å². The first-order valence-corrected chi connectivity index (χ1v) is 4.25. The van der Waals surface area contributed by atoms with Crippen LogP contribution >= 0.6 is 0 Å². The van der Waals surface area contributed by atoms with Gasteiger partial charge < -0.3 is 5.73 Å². The molecular formula is C8H15CuFN3. The van der Waals surface area contributed by atoms with Crippen LogP contribution in [0.3, 0.4) is 0 Å². The van der Waals surface area contributed by atoms with Gasteiger partial charge in [0.1, 0.15) is 0 Å². The van der Waals surface area contributed by atoms with E-state index in [4.69, 9.17) is 9.29 Å². The molecule has 3 nitrogen and oxygen atoms in total. The van der Waals surface area contributed by atoms with Crippen LogP contribution in [-0.2, 0) is 28.6 Å². The number of hydrogen-bond donors (Lipinski definition) is 1. The van der Waals surface area contributed by atoms with E-state index in [1.807, 2.05) is 12.3 Å². The van der Waals surface area contributed by atoms with Crippen molar-refractivity contribution < 1.29 is 20.0 Å². The Morgan fingerprint density at radius 1 is 1.54 bits per heavy atom. The fraction of sp³-hybridized carbons (Fsp3) is 0.625. The summed E-state index contributed by atoms with van der Waals surface area (Å²) in [6, 6.07) is 2.01. The quantitative estimate of drug-likeness (QED) is 0.750. The summed E-state index contributed by atoms with van der Waals surface area (Å²) in [6.45, 7) is 6.86. The molecule has 0 saturated carbocycles. The Balaban J connectivity index is 0.000000671. The van der Waals surface area contributed by atoms with E-state index in [2.05, 4.69) is 42.3 Å². The molecule has 0 aliphatic rings. The zero-order valence-electron chi connectivity index (χ0n) is 8.01. The van der Waals surface area contributed by atoms with Crippen LogP contribution in [0.15, 0.2) is 12.3 Å². The van der Waals surface area contributed by atoms with Crippen molar-refractivity contribution in [1.82, 2.24) is 9.78 Å². The number of hydrogen-bond acceptors (Lipinski definition) is 2. The van der Waals surface area contributed by atoms with Crippen molar-refractivity contribution in [3.05, 3.63) is 18.0 Å². The molecule has 0 spiro atoms. The first-order chi connectivity index (χ1) is 6.04. The van der Waals surface area contributed by atoms with E-state index in [0.29, 0.717) is 6.67 Å². The third-order valence-corrected chi connectivity index (χ3v) is 1.60. The zero-order chi connectivity index (χ0) is 10.5. The molecule has 2 N–H and O–H groups in total.